The summed E-state index contributed by atoms with van der Waals surface area (Å²) in [4.78, 5) is 26.2. The van der Waals surface area contributed by atoms with Crippen LogP contribution in [0, 0.1) is 29.1 Å². The van der Waals surface area contributed by atoms with Gasteiger partial charge < -0.3 is 14.7 Å². The zero-order valence-electron chi connectivity index (χ0n) is 11.6. The van der Waals surface area contributed by atoms with Crippen molar-refractivity contribution in [2.75, 3.05) is 26.3 Å². The van der Waals surface area contributed by atoms with E-state index in [0.29, 0.717) is 38.6 Å². The fraction of sp³-hybridized carbons (Fsp3) is 0.867. The summed E-state index contributed by atoms with van der Waals surface area (Å²) in [7, 11) is 0. The maximum absolute atomic E-state index is 12.7. The van der Waals surface area contributed by atoms with Crippen molar-refractivity contribution >= 4 is 11.9 Å². The molecule has 0 spiro atoms. The molecule has 0 aromatic carbocycles. The molecule has 4 rings (SSSR count). The SMILES string of the molecule is O=C([C@@H]1CC[C@@H]2C[C@@H]21)N1C[C@H]2COCC[C@@]2(C(=O)O)C1. The number of carboxylic acids is 1. The van der Waals surface area contributed by atoms with Gasteiger partial charge in [-0.05, 0) is 37.5 Å². The van der Waals surface area contributed by atoms with Gasteiger partial charge in [-0.25, -0.2) is 0 Å². The number of nitrogens with zero attached hydrogens (tertiary/aromatic N) is 1. The molecule has 4 aliphatic rings. The molecule has 0 aromatic rings. The van der Waals surface area contributed by atoms with Crippen molar-refractivity contribution in [1.82, 2.24) is 4.90 Å². The quantitative estimate of drug-likeness (QED) is 0.818. The van der Waals surface area contributed by atoms with Gasteiger partial charge in [0.15, 0.2) is 0 Å². The van der Waals surface area contributed by atoms with Gasteiger partial charge in [-0.15, -0.1) is 0 Å². The Hall–Kier alpha value is -1.10. The molecule has 20 heavy (non-hydrogen) atoms. The van der Waals surface area contributed by atoms with E-state index in [-0.39, 0.29) is 17.7 Å². The summed E-state index contributed by atoms with van der Waals surface area (Å²) in [6, 6.07) is 0. The molecule has 0 aromatic heterocycles. The van der Waals surface area contributed by atoms with Gasteiger partial charge in [-0.3, -0.25) is 9.59 Å². The number of hydrogen-bond donors (Lipinski definition) is 1. The summed E-state index contributed by atoms with van der Waals surface area (Å²) >= 11 is 0. The number of fused-ring (bicyclic) bond motifs is 2. The fourth-order valence-corrected chi connectivity index (χ4v) is 4.71. The average Bonchev–Trinajstić information content (AvgIpc) is 2.94. The first-order valence-corrected chi connectivity index (χ1v) is 7.72. The number of hydrogen-bond acceptors (Lipinski definition) is 3. The fourth-order valence-electron chi connectivity index (χ4n) is 4.71. The lowest BCUT2D eigenvalue weighted by molar-refractivity contribution is -0.157. The molecule has 5 atom stereocenters. The molecule has 0 unspecified atom stereocenters. The minimum Gasteiger partial charge on any atom is -0.481 e. The smallest absolute Gasteiger partial charge is 0.311 e. The van der Waals surface area contributed by atoms with Crippen molar-refractivity contribution in [3.8, 4) is 0 Å². The van der Waals surface area contributed by atoms with Crippen LogP contribution in [-0.2, 0) is 14.3 Å². The second-order valence-corrected chi connectivity index (χ2v) is 7.05. The topological polar surface area (TPSA) is 66.8 Å². The molecule has 110 valence electrons. The van der Waals surface area contributed by atoms with Crippen LogP contribution in [0.2, 0.25) is 0 Å². The van der Waals surface area contributed by atoms with E-state index in [2.05, 4.69) is 0 Å². The van der Waals surface area contributed by atoms with Crippen molar-refractivity contribution in [1.29, 1.82) is 0 Å². The number of likely N-dealkylation sites (tertiary alicyclic amines) is 1. The second kappa shape index (κ2) is 4.20. The van der Waals surface area contributed by atoms with Gasteiger partial charge in [0.05, 0.1) is 12.0 Å². The minimum atomic E-state index is -0.754. The molecular formula is C15H21NO4. The molecule has 4 fully saturated rings. The Bertz CT molecular complexity index is 465. The van der Waals surface area contributed by atoms with Crippen LogP contribution in [-0.4, -0.2) is 48.2 Å². The highest BCUT2D eigenvalue weighted by Gasteiger charge is 2.58. The zero-order chi connectivity index (χ0) is 13.9. The highest BCUT2D eigenvalue weighted by molar-refractivity contribution is 5.83. The largest absolute Gasteiger partial charge is 0.481 e. The Morgan fingerprint density at radius 1 is 1.30 bits per heavy atom. The van der Waals surface area contributed by atoms with Crippen LogP contribution in [0.5, 0.6) is 0 Å². The van der Waals surface area contributed by atoms with Gasteiger partial charge in [0.2, 0.25) is 5.91 Å². The molecule has 1 N–H and O–H groups in total. The second-order valence-electron chi connectivity index (χ2n) is 7.05. The van der Waals surface area contributed by atoms with Gasteiger partial charge >= 0.3 is 5.97 Å². The van der Waals surface area contributed by atoms with Crippen LogP contribution in [0.25, 0.3) is 0 Å². The molecule has 2 heterocycles. The predicted molar refractivity (Wildman–Crippen MR) is 69.9 cm³/mol. The summed E-state index contributed by atoms with van der Waals surface area (Å²) in [5.74, 6) is 0.982. The van der Waals surface area contributed by atoms with Crippen LogP contribution in [0.15, 0.2) is 0 Å². The Morgan fingerprint density at radius 3 is 2.75 bits per heavy atom. The number of ether oxygens (including phenoxy) is 1. The minimum absolute atomic E-state index is 0.0332. The molecule has 0 bridgehead atoms. The molecule has 2 saturated heterocycles. The molecular weight excluding hydrogens is 258 g/mol. The number of amides is 1. The Balaban J connectivity index is 1.53. The van der Waals surface area contributed by atoms with E-state index in [9.17, 15) is 14.7 Å². The number of aliphatic carboxylic acids is 1. The third kappa shape index (κ3) is 1.65. The van der Waals surface area contributed by atoms with Crippen molar-refractivity contribution in [2.24, 2.45) is 29.1 Å². The Morgan fingerprint density at radius 2 is 2.15 bits per heavy atom. The zero-order valence-corrected chi connectivity index (χ0v) is 11.6. The molecule has 2 aliphatic carbocycles. The van der Waals surface area contributed by atoms with E-state index < -0.39 is 11.4 Å². The average molecular weight is 279 g/mol. The van der Waals surface area contributed by atoms with Crippen molar-refractivity contribution in [2.45, 2.75) is 25.7 Å². The summed E-state index contributed by atoms with van der Waals surface area (Å²) in [6.45, 7) is 1.94. The van der Waals surface area contributed by atoms with E-state index >= 15 is 0 Å². The number of rotatable bonds is 2. The third-order valence-corrected chi connectivity index (χ3v) is 6.10. The molecule has 5 heteroatoms. The molecule has 2 aliphatic heterocycles. The number of carboxylic acid groups (broad SMARTS) is 1. The van der Waals surface area contributed by atoms with E-state index in [0.717, 1.165) is 12.3 Å². The highest BCUT2D eigenvalue weighted by atomic mass is 16.5. The van der Waals surface area contributed by atoms with Gasteiger partial charge in [0.1, 0.15) is 0 Å². The van der Waals surface area contributed by atoms with Crippen LogP contribution < -0.4 is 0 Å². The lowest BCUT2D eigenvalue weighted by Crippen LogP contribution is -2.45. The molecule has 5 nitrogen and oxygen atoms in total. The highest BCUT2D eigenvalue weighted by Crippen LogP contribution is 2.56. The van der Waals surface area contributed by atoms with Gasteiger partial charge in [0, 0.05) is 31.5 Å². The van der Waals surface area contributed by atoms with Crippen LogP contribution >= 0.6 is 0 Å². The first-order valence-electron chi connectivity index (χ1n) is 7.72. The van der Waals surface area contributed by atoms with Crippen molar-refractivity contribution in [3.63, 3.8) is 0 Å². The normalized spacial score (nSPS) is 45.9. The summed E-state index contributed by atoms with van der Waals surface area (Å²) in [6.07, 6.45) is 3.94. The summed E-state index contributed by atoms with van der Waals surface area (Å²) < 4.78 is 5.44. The standard InChI is InChI=1S/C15H21NO4/c17-13(11-2-1-9-5-12(9)11)16-6-10-7-20-4-3-15(10,8-16)14(18)19/h9-12H,1-8H2,(H,18,19)/t9-,10+,11-,12+,15-/m1/s1. The Labute approximate surface area is 118 Å². The van der Waals surface area contributed by atoms with E-state index in [1.807, 2.05) is 4.90 Å². The van der Waals surface area contributed by atoms with Crippen molar-refractivity contribution in [3.05, 3.63) is 0 Å². The Kier molecular flexibility index (Phi) is 2.65. The maximum Gasteiger partial charge on any atom is 0.311 e. The van der Waals surface area contributed by atoms with Gasteiger partial charge in [-0.1, -0.05) is 0 Å². The maximum atomic E-state index is 12.7. The van der Waals surface area contributed by atoms with E-state index in [4.69, 9.17) is 4.74 Å². The van der Waals surface area contributed by atoms with Crippen LogP contribution in [0.3, 0.4) is 0 Å². The lowest BCUT2D eigenvalue weighted by atomic mass is 9.74. The predicted octanol–water partition coefficient (Wildman–Crippen LogP) is 0.982. The van der Waals surface area contributed by atoms with E-state index in [1.165, 1.54) is 12.8 Å². The van der Waals surface area contributed by atoms with Crippen LogP contribution in [0.4, 0.5) is 0 Å². The number of carbonyl (C=O) groups is 2. The number of carbonyl (C=O) groups excluding carboxylic acids is 1. The first kappa shape index (κ1) is 12.6. The van der Waals surface area contributed by atoms with Gasteiger partial charge in [-0.2, -0.15) is 0 Å². The van der Waals surface area contributed by atoms with Gasteiger partial charge in [0.25, 0.3) is 0 Å². The first-order chi connectivity index (χ1) is 9.62. The molecule has 1 amide bonds. The van der Waals surface area contributed by atoms with E-state index in [1.54, 1.807) is 0 Å². The van der Waals surface area contributed by atoms with Crippen LogP contribution in [0.1, 0.15) is 25.7 Å². The molecule has 2 saturated carbocycles. The third-order valence-electron chi connectivity index (χ3n) is 6.10. The lowest BCUT2D eigenvalue weighted by Gasteiger charge is -2.33. The molecule has 0 radical (unpaired) electrons. The van der Waals surface area contributed by atoms with Crippen molar-refractivity contribution < 1.29 is 19.4 Å². The summed E-state index contributed by atoms with van der Waals surface area (Å²) in [5, 5.41) is 9.63. The monoisotopic (exact) mass is 279 g/mol. The summed E-state index contributed by atoms with van der Waals surface area (Å²) in [5.41, 5.74) is -0.754.